The number of nitrogens with zero attached hydrogens (tertiary/aromatic N) is 6. The summed E-state index contributed by atoms with van der Waals surface area (Å²) in [6.07, 6.45) is 4.68. The van der Waals surface area contributed by atoms with Gasteiger partial charge in [0.05, 0.1) is 5.69 Å². The van der Waals surface area contributed by atoms with Gasteiger partial charge in [-0.1, -0.05) is 29.4 Å². The fourth-order valence-corrected chi connectivity index (χ4v) is 5.98. The van der Waals surface area contributed by atoms with Crippen LogP contribution in [0, 0.1) is 6.92 Å². The average Bonchev–Trinajstić information content (AvgIpc) is 3.45. The summed E-state index contributed by atoms with van der Waals surface area (Å²) in [6, 6.07) is 14.4. The van der Waals surface area contributed by atoms with Gasteiger partial charge in [0.1, 0.15) is 5.76 Å². The van der Waals surface area contributed by atoms with Gasteiger partial charge in [-0.05, 0) is 64.0 Å². The van der Waals surface area contributed by atoms with Crippen LogP contribution in [-0.2, 0) is 24.4 Å². The van der Waals surface area contributed by atoms with E-state index in [9.17, 15) is 9.59 Å². The van der Waals surface area contributed by atoms with Gasteiger partial charge in [-0.15, -0.1) is 0 Å². The van der Waals surface area contributed by atoms with Crippen molar-refractivity contribution in [1.29, 1.82) is 0 Å². The van der Waals surface area contributed by atoms with Gasteiger partial charge in [-0.2, -0.15) is 0 Å². The first-order chi connectivity index (χ1) is 18.8. The lowest BCUT2D eigenvalue weighted by molar-refractivity contribution is -0.116. The highest BCUT2D eigenvalue weighted by Gasteiger charge is 2.38. The Labute approximate surface area is 230 Å². The van der Waals surface area contributed by atoms with Gasteiger partial charge in [0, 0.05) is 69.2 Å². The molecule has 0 N–H and O–H groups in total. The topological polar surface area (TPSA) is 86.0 Å². The van der Waals surface area contributed by atoms with Crippen LogP contribution in [0.3, 0.4) is 0 Å². The number of para-hydroxylation sites is 1. The summed E-state index contributed by atoms with van der Waals surface area (Å²) in [7, 11) is 3.93. The molecule has 4 heterocycles. The van der Waals surface area contributed by atoms with Crippen molar-refractivity contribution in [2.24, 2.45) is 0 Å². The summed E-state index contributed by atoms with van der Waals surface area (Å²) in [5.74, 6) is 0.518. The highest BCUT2D eigenvalue weighted by atomic mass is 16.5. The van der Waals surface area contributed by atoms with Crippen LogP contribution >= 0.6 is 0 Å². The third-order valence-electron chi connectivity index (χ3n) is 7.93. The van der Waals surface area contributed by atoms with E-state index >= 15 is 0 Å². The minimum Gasteiger partial charge on any atom is -0.361 e. The van der Waals surface area contributed by atoms with Gasteiger partial charge >= 0.3 is 0 Å². The Kier molecular flexibility index (Phi) is 8.09. The Hall–Kier alpha value is -3.56. The fraction of sp³-hybridized carbons (Fsp3) is 0.467. The molecule has 2 atom stereocenters. The first-order valence-electron chi connectivity index (χ1n) is 13.7. The Bertz CT molecular complexity index is 1310. The first-order valence-corrected chi connectivity index (χ1v) is 13.7. The van der Waals surface area contributed by atoms with E-state index in [0.29, 0.717) is 50.2 Å². The first kappa shape index (κ1) is 27.0. The number of benzene rings is 1. The molecule has 206 valence electrons. The van der Waals surface area contributed by atoms with E-state index in [1.807, 2.05) is 78.3 Å². The average molecular weight is 531 g/mol. The highest BCUT2D eigenvalue weighted by molar-refractivity contribution is 5.95. The van der Waals surface area contributed by atoms with Gasteiger partial charge in [-0.25, -0.2) is 0 Å². The van der Waals surface area contributed by atoms with Gasteiger partial charge in [0.25, 0.3) is 5.91 Å². The van der Waals surface area contributed by atoms with Crippen LogP contribution < -0.4 is 4.90 Å². The molecule has 2 aliphatic rings. The summed E-state index contributed by atoms with van der Waals surface area (Å²) >= 11 is 0. The largest absolute Gasteiger partial charge is 0.361 e. The third-order valence-corrected chi connectivity index (χ3v) is 7.93. The summed E-state index contributed by atoms with van der Waals surface area (Å²) in [5.41, 5.74) is 4.00. The van der Waals surface area contributed by atoms with E-state index < -0.39 is 0 Å². The molecule has 5 rings (SSSR count). The molecule has 0 unspecified atom stereocenters. The van der Waals surface area contributed by atoms with Crippen LogP contribution in [0.4, 0.5) is 5.69 Å². The number of amides is 2. The van der Waals surface area contributed by atoms with Crippen LogP contribution in [0.5, 0.6) is 0 Å². The minimum absolute atomic E-state index is 0.00536. The number of fused-ring (bicyclic) bond motifs is 3. The summed E-state index contributed by atoms with van der Waals surface area (Å²) in [4.78, 5) is 39.9. The molecule has 0 radical (unpaired) electrons. The monoisotopic (exact) mass is 530 g/mol. The molecule has 0 spiro atoms. The van der Waals surface area contributed by atoms with E-state index in [1.54, 1.807) is 6.92 Å². The maximum Gasteiger partial charge on any atom is 0.276 e. The molecule has 1 fully saturated rings. The molecule has 2 aromatic heterocycles. The van der Waals surface area contributed by atoms with E-state index in [4.69, 9.17) is 4.52 Å². The van der Waals surface area contributed by atoms with Gasteiger partial charge < -0.3 is 19.2 Å². The van der Waals surface area contributed by atoms with Crippen molar-refractivity contribution in [3.63, 3.8) is 0 Å². The van der Waals surface area contributed by atoms with Crippen molar-refractivity contribution in [3.8, 4) is 0 Å². The van der Waals surface area contributed by atoms with Crippen molar-refractivity contribution in [3.05, 3.63) is 76.9 Å². The predicted octanol–water partition coefficient (Wildman–Crippen LogP) is 3.87. The van der Waals surface area contributed by atoms with Crippen LogP contribution in [0.2, 0.25) is 0 Å². The highest BCUT2D eigenvalue weighted by Crippen LogP contribution is 2.33. The van der Waals surface area contributed by atoms with Crippen molar-refractivity contribution in [2.45, 2.75) is 64.8 Å². The molecule has 39 heavy (non-hydrogen) atoms. The molecule has 0 aliphatic carbocycles. The smallest absolute Gasteiger partial charge is 0.276 e. The Morgan fingerprint density at radius 3 is 2.56 bits per heavy atom. The molecule has 3 aromatic rings. The zero-order valence-corrected chi connectivity index (χ0v) is 23.3. The summed E-state index contributed by atoms with van der Waals surface area (Å²) in [5, 5.41) is 4.22. The molecular weight excluding hydrogens is 492 g/mol. The lowest BCUT2D eigenvalue weighted by Gasteiger charge is -2.33. The van der Waals surface area contributed by atoms with E-state index in [2.05, 4.69) is 21.1 Å². The second-order valence-corrected chi connectivity index (χ2v) is 11.0. The normalized spacial score (nSPS) is 20.1. The predicted molar refractivity (Wildman–Crippen MR) is 149 cm³/mol. The van der Waals surface area contributed by atoms with Crippen molar-refractivity contribution < 1.29 is 14.1 Å². The fourth-order valence-electron chi connectivity index (χ4n) is 5.98. The molecule has 2 aliphatic heterocycles. The number of anilines is 1. The van der Waals surface area contributed by atoms with Crippen molar-refractivity contribution >= 4 is 17.5 Å². The second-order valence-electron chi connectivity index (χ2n) is 11.0. The van der Waals surface area contributed by atoms with Gasteiger partial charge in [-0.3, -0.25) is 19.5 Å². The van der Waals surface area contributed by atoms with Crippen LogP contribution in [0.1, 0.15) is 59.3 Å². The molecule has 9 heteroatoms. The van der Waals surface area contributed by atoms with Crippen molar-refractivity contribution in [1.82, 2.24) is 24.8 Å². The molecule has 1 saturated heterocycles. The molecule has 2 bridgehead atoms. The minimum atomic E-state index is -0.145. The molecule has 0 saturated carbocycles. The molecule has 1 aromatic carbocycles. The number of carbonyl (C=O) groups is 2. The Morgan fingerprint density at radius 1 is 1.05 bits per heavy atom. The zero-order chi connectivity index (χ0) is 27.5. The zero-order valence-electron chi connectivity index (χ0n) is 23.3. The third kappa shape index (κ3) is 5.89. The standard InChI is InChI=1S/C30H38N6O3/c1-21-27(20-33(3)4)29(32-39-21)30(38)34-17-23-9-5-6-11-28(23)35(22(2)37)16-14-25-12-13-26(19-34)36(25)18-24-10-7-8-15-31-24/h5-11,15,25-26H,12-14,16-20H2,1-4H3/t25-,26+/m0/s1. The van der Waals surface area contributed by atoms with E-state index in [-0.39, 0.29) is 17.9 Å². The van der Waals surface area contributed by atoms with Gasteiger partial charge in [0.2, 0.25) is 5.91 Å². The quantitative estimate of drug-likeness (QED) is 0.495. The summed E-state index contributed by atoms with van der Waals surface area (Å²) < 4.78 is 5.51. The Morgan fingerprint density at radius 2 is 1.82 bits per heavy atom. The van der Waals surface area contributed by atoms with Crippen LogP contribution in [0.15, 0.2) is 53.2 Å². The molecule has 2 amide bonds. The Balaban J connectivity index is 1.55. The second kappa shape index (κ2) is 11.7. The van der Waals surface area contributed by atoms with Crippen LogP contribution in [0.25, 0.3) is 0 Å². The number of pyridine rings is 1. The number of carbonyl (C=O) groups excluding carboxylic acids is 2. The van der Waals surface area contributed by atoms with Crippen LogP contribution in [-0.4, -0.2) is 75.9 Å². The number of hydrogen-bond donors (Lipinski definition) is 0. The van der Waals surface area contributed by atoms with Gasteiger partial charge in [0.15, 0.2) is 5.69 Å². The summed E-state index contributed by atoms with van der Waals surface area (Å²) in [6.45, 7) is 6.32. The number of rotatable bonds is 5. The number of hydrogen-bond acceptors (Lipinski definition) is 7. The number of aromatic nitrogens is 2. The lowest BCUT2D eigenvalue weighted by atomic mass is 10.1. The lowest BCUT2D eigenvalue weighted by Crippen LogP contribution is -2.45. The van der Waals surface area contributed by atoms with E-state index in [1.165, 1.54) is 0 Å². The molecule has 9 nitrogen and oxygen atoms in total. The van der Waals surface area contributed by atoms with E-state index in [0.717, 1.165) is 41.8 Å². The molecular formula is C30H38N6O3. The number of aryl methyl sites for hydroxylation is 1. The van der Waals surface area contributed by atoms with Crippen molar-refractivity contribution in [2.75, 3.05) is 32.1 Å². The SMILES string of the molecule is CC(=O)N1CC[C@@H]2CC[C@H](CN(C(=O)c3noc(C)c3CN(C)C)Cc3ccccc31)N2Cc1ccccn1. The maximum absolute atomic E-state index is 14.2. The maximum atomic E-state index is 14.2.